The summed E-state index contributed by atoms with van der Waals surface area (Å²) in [5.41, 5.74) is -0.296. The van der Waals surface area contributed by atoms with Crippen LogP contribution in [0.1, 0.15) is 46.0 Å². The van der Waals surface area contributed by atoms with Gasteiger partial charge in [-0.3, -0.25) is 0 Å². The molecule has 0 aliphatic carbocycles. The number of terminal acetylenes is 1. The highest BCUT2D eigenvalue weighted by Crippen LogP contribution is 2.27. The molecule has 20 heavy (non-hydrogen) atoms. The van der Waals surface area contributed by atoms with Crippen LogP contribution in [0.2, 0.25) is 0 Å². The normalized spacial score (nSPS) is 11.7. The van der Waals surface area contributed by atoms with Crippen molar-refractivity contribution in [3.05, 3.63) is 12.7 Å². The van der Waals surface area contributed by atoms with E-state index in [1.807, 2.05) is 19.9 Å². The summed E-state index contributed by atoms with van der Waals surface area (Å²) in [4.78, 5) is 10.2. The summed E-state index contributed by atoms with van der Waals surface area (Å²) in [6, 6.07) is 0. The molecule has 0 fully saturated rings. The molecular weight excluding hydrogens is 252 g/mol. The Bertz CT molecular complexity index is 327. The molecule has 0 radical (unpaired) electrons. The summed E-state index contributed by atoms with van der Waals surface area (Å²) < 4.78 is 0. The fourth-order valence-electron chi connectivity index (χ4n) is 1.74. The number of unbranched alkanes of at least 4 members (excludes halogenated alkanes) is 1. The Morgan fingerprint density at radius 1 is 1.15 bits per heavy atom. The minimum Gasteiger partial charge on any atom is -0.396 e. The van der Waals surface area contributed by atoms with Crippen LogP contribution in [0.5, 0.6) is 0 Å². The van der Waals surface area contributed by atoms with Gasteiger partial charge in [-0.05, 0) is 39.5 Å². The molecule has 4 nitrogen and oxygen atoms in total. The minimum absolute atomic E-state index is 0.296. The summed E-state index contributed by atoms with van der Waals surface area (Å²) >= 11 is 0. The zero-order valence-corrected chi connectivity index (χ0v) is 12.7. The van der Waals surface area contributed by atoms with Gasteiger partial charge in [0, 0.05) is 11.8 Å². The third kappa shape index (κ3) is 8.36. The fraction of sp³-hybridized carbons (Fsp3) is 0.625. The number of hydrogen-bond donors (Lipinski definition) is 0. The van der Waals surface area contributed by atoms with E-state index < -0.39 is 0 Å². The van der Waals surface area contributed by atoms with Crippen molar-refractivity contribution >= 4 is 12.4 Å². The van der Waals surface area contributed by atoms with Gasteiger partial charge in [0.15, 0.2) is 0 Å². The topological polar surface area (TPSA) is 43.2 Å². The zero-order chi connectivity index (χ0) is 15.1. The maximum Gasteiger partial charge on any atom is 0.114 e. The molecule has 0 spiro atoms. The van der Waals surface area contributed by atoms with Crippen molar-refractivity contribution in [3.63, 3.8) is 0 Å². The van der Waals surface area contributed by atoms with E-state index in [4.69, 9.17) is 16.1 Å². The van der Waals surface area contributed by atoms with Crippen LogP contribution in [0, 0.1) is 17.8 Å². The summed E-state index contributed by atoms with van der Waals surface area (Å²) in [7, 11) is 0. The second-order valence-corrected chi connectivity index (χ2v) is 4.42. The van der Waals surface area contributed by atoms with Gasteiger partial charge in [0.1, 0.15) is 13.2 Å². The average molecular weight is 278 g/mol. The standard InChI is InChI=1S/C16H26N2O2/c1-5-9-11-13-16(12-10-6-2,14-17-19-7-3)15-18-20-8-4/h1,6,14-15H,2,7-13H2,3-4H3/b17-14+,18-15+. The molecule has 0 heterocycles. The number of rotatable bonds is 12. The molecule has 0 amide bonds. The highest BCUT2D eigenvalue weighted by molar-refractivity contribution is 5.88. The Balaban J connectivity index is 4.93. The first kappa shape index (κ1) is 18.2. The van der Waals surface area contributed by atoms with E-state index in [2.05, 4.69) is 22.8 Å². The van der Waals surface area contributed by atoms with Gasteiger partial charge in [-0.15, -0.1) is 18.9 Å². The van der Waals surface area contributed by atoms with Crippen molar-refractivity contribution in [2.45, 2.75) is 46.0 Å². The van der Waals surface area contributed by atoms with Crippen LogP contribution in [0.3, 0.4) is 0 Å². The van der Waals surface area contributed by atoms with E-state index in [-0.39, 0.29) is 5.41 Å². The lowest BCUT2D eigenvalue weighted by atomic mass is 9.81. The van der Waals surface area contributed by atoms with Crippen molar-refractivity contribution in [1.82, 2.24) is 0 Å². The van der Waals surface area contributed by atoms with Crippen LogP contribution < -0.4 is 0 Å². The molecule has 0 aromatic carbocycles. The molecule has 0 aliphatic rings. The van der Waals surface area contributed by atoms with Crippen LogP contribution in [-0.4, -0.2) is 25.6 Å². The maximum absolute atomic E-state index is 5.32. The van der Waals surface area contributed by atoms with Crippen LogP contribution in [-0.2, 0) is 9.68 Å². The molecule has 0 aliphatic heterocycles. The van der Waals surface area contributed by atoms with E-state index in [1.54, 1.807) is 12.4 Å². The van der Waals surface area contributed by atoms with Crippen LogP contribution >= 0.6 is 0 Å². The smallest absolute Gasteiger partial charge is 0.114 e. The highest BCUT2D eigenvalue weighted by atomic mass is 16.6. The Hall–Kier alpha value is -1.76. The highest BCUT2D eigenvalue weighted by Gasteiger charge is 2.26. The van der Waals surface area contributed by atoms with Gasteiger partial charge >= 0.3 is 0 Å². The third-order valence-electron chi connectivity index (χ3n) is 2.80. The Kier molecular flexibility index (Phi) is 11.2. The molecule has 0 bridgehead atoms. The molecule has 0 N–H and O–H groups in total. The molecule has 0 saturated carbocycles. The van der Waals surface area contributed by atoms with Crippen molar-refractivity contribution in [1.29, 1.82) is 0 Å². The Morgan fingerprint density at radius 2 is 1.75 bits per heavy atom. The van der Waals surface area contributed by atoms with E-state index in [0.717, 1.165) is 32.1 Å². The molecule has 0 atom stereocenters. The van der Waals surface area contributed by atoms with Crippen molar-refractivity contribution < 1.29 is 9.68 Å². The first-order valence-electron chi connectivity index (χ1n) is 7.12. The van der Waals surface area contributed by atoms with Gasteiger partial charge in [-0.2, -0.15) is 0 Å². The molecular formula is C16H26N2O2. The quantitative estimate of drug-likeness (QED) is 0.179. The van der Waals surface area contributed by atoms with E-state index in [9.17, 15) is 0 Å². The lowest BCUT2D eigenvalue weighted by molar-refractivity contribution is 0.154. The van der Waals surface area contributed by atoms with E-state index in [0.29, 0.717) is 13.2 Å². The summed E-state index contributed by atoms with van der Waals surface area (Å²) in [6.45, 7) is 8.65. The van der Waals surface area contributed by atoms with Crippen LogP contribution in [0.4, 0.5) is 0 Å². The predicted octanol–water partition coefficient (Wildman–Crippen LogP) is 3.79. The van der Waals surface area contributed by atoms with E-state index >= 15 is 0 Å². The van der Waals surface area contributed by atoms with Gasteiger partial charge in [0.05, 0.1) is 12.4 Å². The monoisotopic (exact) mass is 278 g/mol. The van der Waals surface area contributed by atoms with Gasteiger partial charge in [0.25, 0.3) is 0 Å². The SMILES string of the molecule is C#CCCCC(/C=N/OCC)(/C=N/OCC)CCC=C. The summed E-state index contributed by atoms with van der Waals surface area (Å²) in [6.07, 6.45) is 15.0. The number of nitrogens with zero attached hydrogens (tertiary/aromatic N) is 2. The molecule has 0 rings (SSSR count). The minimum atomic E-state index is -0.296. The number of hydrogen-bond acceptors (Lipinski definition) is 4. The van der Waals surface area contributed by atoms with Crippen molar-refractivity contribution in [2.24, 2.45) is 15.7 Å². The zero-order valence-electron chi connectivity index (χ0n) is 12.7. The number of allylic oxidation sites excluding steroid dienone is 1. The van der Waals surface area contributed by atoms with Gasteiger partial charge in [-0.25, -0.2) is 0 Å². The Morgan fingerprint density at radius 3 is 2.20 bits per heavy atom. The molecule has 0 aromatic heterocycles. The maximum atomic E-state index is 5.32. The first-order valence-corrected chi connectivity index (χ1v) is 7.12. The molecule has 0 saturated heterocycles. The second kappa shape index (κ2) is 12.3. The number of oxime groups is 2. The average Bonchev–Trinajstić information content (AvgIpc) is 2.46. The van der Waals surface area contributed by atoms with Crippen LogP contribution in [0.25, 0.3) is 0 Å². The molecule has 0 aromatic rings. The van der Waals surface area contributed by atoms with Gasteiger partial charge in [0.2, 0.25) is 0 Å². The lowest BCUT2D eigenvalue weighted by Gasteiger charge is -2.24. The van der Waals surface area contributed by atoms with Gasteiger partial charge in [-0.1, -0.05) is 16.4 Å². The van der Waals surface area contributed by atoms with E-state index in [1.165, 1.54) is 0 Å². The summed E-state index contributed by atoms with van der Waals surface area (Å²) in [5, 5.41) is 8.03. The predicted molar refractivity (Wildman–Crippen MR) is 84.8 cm³/mol. The largest absolute Gasteiger partial charge is 0.396 e. The third-order valence-corrected chi connectivity index (χ3v) is 2.80. The molecule has 0 unspecified atom stereocenters. The fourth-order valence-corrected chi connectivity index (χ4v) is 1.74. The second-order valence-electron chi connectivity index (χ2n) is 4.42. The summed E-state index contributed by atoms with van der Waals surface area (Å²) in [5.74, 6) is 2.66. The first-order chi connectivity index (χ1) is 9.74. The van der Waals surface area contributed by atoms with Crippen LogP contribution in [0.15, 0.2) is 23.0 Å². The molecule has 112 valence electrons. The van der Waals surface area contributed by atoms with Gasteiger partial charge < -0.3 is 9.68 Å². The van der Waals surface area contributed by atoms with Crippen molar-refractivity contribution in [2.75, 3.05) is 13.2 Å². The molecule has 4 heteroatoms. The van der Waals surface area contributed by atoms with Crippen molar-refractivity contribution in [3.8, 4) is 12.3 Å². The lowest BCUT2D eigenvalue weighted by Crippen LogP contribution is -2.25. The Labute approximate surface area is 122 Å².